The molecule has 3 atom stereocenters. The van der Waals surface area contributed by atoms with Gasteiger partial charge in [0.1, 0.15) is 12.4 Å². The van der Waals surface area contributed by atoms with Gasteiger partial charge in [-0.2, -0.15) is 5.26 Å². The molecule has 0 radical (unpaired) electrons. The summed E-state index contributed by atoms with van der Waals surface area (Å²) in [5.41, 5.74) is 14.2. The van der Waals surface area contributed by atoms with E-state index in [4.69, 9.17) is 123 Å². The van der Waals surface area contributed by atoms with Crippen LogP contribution < -0.4 is 25.8 Å². The van der Waals surface area contributed by atoms with Gasteiger partial charge in [-0.1, -0.05) is 119 Å². The minimum atomic E-state index is -3.74. The number of Topliss-reactive ketones (excluding diaryl/α,β-unsaturated/α-hetero) is 1. The minimum Gasteiger partial charge on any atom is -0.428 e. The van der Waals surface area contributed by atoms with Crippen molar-refractivity contribution in [3.05, 3.63) is 189 Å². The van der Waals surface area contributed by atoms with Gasteiger partial charge in [-0.15, -0.1) is 0 Å². The molecule has 3 heterocycles. The van der Waals surface area contributed by atoms with Crippen molar-refractivity contribution in [1.82, 2.24) is 34.8 Å². The number of rotatable bonds is 55. The molecule has 9 rings (SSSR count). The molecule has 29 nitrogen and oxygen atoms in total. The summed E-state index contributed by atoms with van der Waals surface area (Å²) in [5.74, 6) is 0.224. The number of likely N-dealkylation sites (N-methyl/N-ethyl adjacent to an activating group) is 3. The van der Waals surface area contributed by atoms with Gasteiger partial charge >= 0.3 is 6.03 Å². The summed E-state index contributed by atoms with van der Waals surface area (Å²) in [6.07, 6.45) is 9.71. The molecule has 6 aromatic carbocycles. The zero-order valence-corrected chi connectivity index (χ0v) is 80.2. The largest absolute Gasteiger partial charge is 0.428 e. The summed E-state index contributed by atoms with van der Waals surface area (Å²) in [4.78, 5) is 43.4. The third-order valence-corrected chi connectivity index (χ3v) is 26.5. The normalized spacial score (nSPS) is 15.2. The number of nitriles is 1. The number of hydrogen-bond acceptors (Lipinski definition) is 25. The number of amides is 2. The number of ketones is 1. The van der Waals surface area contributed by atoms with Crippen LogP contribution in [0.4, 0.5) is 4.79 Å². The van der Waals surface area contributed by atoms with Gasteiger partial charge in [-0.05, 0) is 189 Å². The molecule has 0 saturated carbocycles. The second-order valence-electron chi connectivity index (χ2n) is 30.1. The summed E-state index contributed by atoms with van der Waals surface area (Å²) < 4.78 is 136. The van der Waals surface area contributed by atoms with E-state index in [1.807, 2.05) is 71.4 Å². The topological polar surface area (TPSA) is 366 Å². The molecule has 6 aromatic rings. The van der Waals surface area contributed by atoms with Crippen LogP contribution in [0.5, 0.6) is 0 Å². The van der Waals surface area contributed by atoms with Crippen molar-refractivity contribution >= 4 is 117 Å². The van der Waals surface area contributed by atoms with E-state index in [1.54, 1.807) is 79.1 Å². The number of nitrogens with one attached hydrogen (secondary N) is 4. The Balaban J connectivity index is 0.000000283. The van der Waals surface area contributed by atoms with E-state index in [0.29, 0.717) is 218 Å². The molecule has 3 aliphatic heterocycles. The molecule has 704 valence electrons. The highest BCUT2D eigenvalue weighted by atomic mass is 35.5. The maximum atomic E-state index is 13.0. The number of hydrogen-bond donors (Lipinski definition) is 5. The molecule has 3 aliphatic rings. The Kier molecular flexibility index (Phi) is 53.2. The van der Waals surface area contributed by atoms with Crippen LogP contribution in [-0.4, -0.2) is 269 Å². The first-order valence-corrected chi connectivity index (χ1v) is 49.5. The fourth-order valence-electron chi connectivity index (χ4n) is 14.0. The van der Waals surface area contributed by atoms with E-state index >= 15 is 0 Å². The van der Waals surface area contributed by atoms with Crippen molar-refractivity contribution in [1.29, 1.82) is 5.26 Å². The van der Waals surface area contributed by atoms with Crippen molar-refractivity contribution in [3.8, 4) is 6.26 Å². The molecule has 0 aromatic heterocycles. The fourth-order valence-corrected chi connectivity index (χ4v) is 19.2. The van der Waals surface area contributed by atoms with Crippen molar-refractivity contribution in [2.75, 3.05) is 211 Å². The van der Waals surface area contributed by atoms with Gasteiger partial charge in [0, 0.05) is 146 Å². The standard InChI is InChI=1S/C34H50Cl2N4O7S.C25H33Cl2NO5S.C24H33Cl2N3O5S.C6H8N2O2/c1-3-8-28(41)10-5-4-6-12-37-34(42)38-13-15-45-17-19-47-20-18-46-16-14-39-48(43,44)29-11-7-9-26(21-29)31-24-40(2)25-32-30(31)22-27(35)23-33(32)36;1-3-31-9-10-33-12-11-32-8-5-13-34(29,30)21-7-4-6-19(14-21)23-17-28(2)18-24-22(23)15-20(26)16-25(24)27;1-29-16-22(21-14-19(25)15-24(26)23(21)17-29)18-3-2-4-20(13-18)35(30,31)28-6-8-33-10-12-34-11-9-32-7-5-27;7-5-10-4-2-1-3-8-6-9/h7,9,11,21-23,31,39H,3-6,8,10,12-20,24-25H2,1-2H3,(H2,37,38,42);4,6-7,14-16,23H,3,5,8-13,17-18H2,1-2H3;2-4,13-15,22,28H,5-12,16-17,27H2,1H3;1-4H2/t31-;23-;22-;/m000./s1. The molecule has 0 unspecified atom stereocenters. The second-order valence-corrected chi connectivity index (χ2v) is 38.3. The van der Waals surface area contributed by atoms with Gasteiger partial charge in [0.25, 0.3) is 6.26 Å². The average molecular weight is 1950 g/mol. The van der Waals surface area contributed by atoms with Crippen LogP contribution in [-0.2, 0) is 106 Å². The van der Waals surface area contributed by atoms with Gasteiger partial charge in [-0.25, -0.2) is 49.3 Å². The molecule has 6 N–H and O–H groups in total. The van der Waals surface area contributed by atoms with Crippen molar-refractivity contribution in [2.24, 2.45) is 10.7 Å². The molecule has 2 amide bonds. The van der Waals surface area contributed by atoms with Crippen LogP contribution in [0.2, 0.25) is 30.1 Å². The highest BCUT2D eigenvalue weighted by Gasteiger charge is 2.32. The third-order valence-electron chi connectivity index (χ3n) is 20.1. The quantitative estimate of drug-likeness (QED) is 0.0102. The number of sulfonamides is 2. The number of isocyanates is 1. The number of carbonyl (C=O) groups excluding carboxylic acids is 3. The molecule has 38 heteroatoms. The minimum absolute atomic E-state index is 0.00819. The van der Waals surface area contributed by atoms with Crippen molar-refractivity contribution in [3.63, 3.8) is 0 Å². The maximum absolute atomic E-state index is 13.0. The summed E-state index contributed by atoms with van der Waals surface area (Å²) in [6, 6.07) is 32.0. The van der Waals surface area contributed by atoms with Crippen LogP contribution in [0.3, 0.4) is 0 Å². The summed E-state index contributed by atoms with van der Waals surface area (Å²) >= 11 is 38.3. The molecule has 0 saturated heterocycles. The Morgan fingerprint density at radius 2 is 0.850 bits per heavy atom. The van der Waals surface area contributed by atoms with E-state index in [1.165, 1.54) is 6.08 Å². The number of benzene rings is 6. The van der Waals surface area contributed by atoms with Crippen molar-refractivity contribution in [2.45, 2.75) is 124 Å². The van der Waals surface area contributed by atoms with Gasteiger partial charge in [0.05, 0.1) is 133 Å². The number of aliphatic imine (C=N–C) groups is 1. The van der Waals surface area contributed by atoms with Gasteiger partial charge in [0.2, 0.25) is 26.1 Å². The summed E-state index contributed by atoms with van der Waals surface area (Å²) in [7, 11) is -4.80. The monoisotopic (exact) mass is 1940 g/mol. The number of unbranched alkanes of at least 4 members (excludes halogenated alkanes) is 3. The average Bonchev–Trinajstić information content (AvgIpc) is 0.781. The third kappa shape index (κ3) is 41.3. The van der Waals surface area contributed by atoms with Crippen LogP contribution >= 0.6 is 69.6 Å². The Bertz CT molecular complexity index is 4760. The second kappa shape index (κ2) is 61.6. The lowest BCUT2D eigenvalue weighted by Gasteiger charge is -2.33. The van der Waals surface area contributed by atoms with Gasteiger partial charge in [-0.3, -0.25) is 4.79 Å². The molecule has 0 spiro atoms. The molecule has 0 aliphatic carbocycles. The van der Waals surface area contributed by atoms with E-state index in [0.717, 1.165) is 108 Å². The van der Waals surface area contributed by atoms with Gasteiger partial charge < -0.3 is 78.4 Å². The van der Waals surface area contributed by atoms with E-state index in [9.17, 15) is 39.6 Å². The predicted octanol–water partition coefficient (Wildman–Crippen LogP) is 13.4. The van der Waals surface area contributed by atoms with E-state index in [-0.39, 0.29) is 65.6 Å². The predicted molar refractivity (Wildman–Crippen MR) is 496 cm³/mol. The summed E-state index contributed by atoms with van der Waals surface area (Å²) in [5, 5.41) is 17.0. The van der Waals surface area contributed by atoms with Crippen LogP contribution in [0, 0.1) is 11.5 Å². The Morgan fingerprint density at radius 3 is 1.27 bits per heavy atom. The molecular formula is C89H124Cl6N10O19S3. The highest BCUT2D eigenvalue weighted by Crippen LogP contribution is 2.42. The van der Waals surface area contributed by atoms with E-state index in [2.05, 4.69) is 44.5 Å². The Hall–Kier alpha value is -6.08. The van der Waals surface area contributed by atoms with Crippen molar-refractivity contribution < 1.29 is 87.0 Å². The number of nitrogens with zero attached hydrogens (tertiary/aromatic N) is 5. The number of urea groups is 1. The maximum Gasteiger partial charge on any atom is 0.314 e. The lowest BCUT2D eigenvalue weighted by Crippen LogP contribution is -2.37. The first-order valence-electron chi connectivity index (χ1n) is 42.6. The molecule has 0 fully saturated rings. The zero-order valence-electron chi connectivity index (χ0n) is 73.2. The number of carbonyl (C=O) groups is 2. The number of halogens is 6. The SMILES string of the molecule is CCCC(=O)CCCCCNC(=O)NCCOCCOCCOCCNS(=O)(=O)c1cccc([C@@H]2CN(C)Cc3c(Cl)cc(Cl)cc32)c1.CCOCCOCCOCCCS(=O)(=O)c1cccc([C@@H]2CN(C)Cc3c(Cl)cc(Cl)cc32)c1.CN1Cc2c(Cl)cc(Cl)cc2[C@H](c2cccc(S(=O)(=O)NCCOCCOCCOCCN)c2)C1.N#COCCCCN=C=O. The zero-order chi connectivity index (χ0) is 92.3. The molecule has 127 heavy (non-hydrogen) atoms. The smallest absolute Gasteiger partial charge is 0.314 e. The van der Waals surface area contributed by atoms with Crippen LogP contribution in [0.1, 0.15) is 139 Å². The van der Waals surface area contributed by atoms with Crippen LogP contribution in [0.15, 0.2) is 129 Å². The lowest BCUT2D eigenvalue weighted by molar-refractivity contribution is -0.119. The first kappa shape index (κ1) is 110. The number of ether oxygens (including phenoxy) is 10. The number of sulfone groups is 1. The Morgan fingerprint density at radius 1 is 0.457 bits per heavy atom. The molecular weight excluding hydrogens is 1820 g/mol. The first-order chi connectivity index (χ1) is 61.1. The summed E-state index contributed by atoms with van der Waals surface area (Å²) in [6.45, 7) is 18.4. The van der Waals surface area contributed by atoms with Gasteiger partial charge in [0.15, 0.2) is 9.84 Å². The number of nitrogens with two attached hydrogens (primary N) is 1. The highest BCUT2D eigenvalue weighted by molar-refractivity contribution is 7.91. The lowest BCUT2D eigenvalue weighted by atomic mass is 9.85. The number of fused-ring (bicyclic) bond motifs is 3. The molecule has 0 bridgehead atoms. The van der Waals surface area contributed by atoms with Crippen LogP contribution in [0.25, 0.3) is 0 Å². The fraction of sp³-hybridized carbons (Fsp3) is 0.551. The Labute approximate surface area is 780 Å². The van der Waals surface area contributed by atoms with E-state index < -0.39 is 29.9 Å².